The van der Waals surface area contributed by atoms with E-state index in [2.05, 4.69) is 239 Å². The maximum Gasteiger partial charge on any atom is 0.135 e. The third kappa shape index (κ3) is 8.88. The van der Waals surface area contributed by atoms with E-state index in [0.29, 0.717) is 11.5 Å². The number of para-hydroxylation sites is 1. The molecule has 3 heterocycles. The van der Waals surface area contributed by atoms with Crippen LogP contribution in [0.2, 0.25) is 0 Å². The average molecular weight is 1020 g/mol. The first-order valence-corrected chi connectivity index (χ1v) is 22.0. The third-order valence-electron chi connectivity index (χ3n) is 12.3. The smallest absolute Gasteiger partial charge is 0.135 e. The Bertz CT molecular complexity index is 2820. The number of allylic oxidation sites excluding steroid dienone is 2. The zero-order valence-electron chi connectivity index (χ0n) is 39.6. The van der Waals surface area contributed by atoms with Crippen molar-refractivity contribution in [2.24, 2.45) is 10.8 Å². The number of hydrogen-bond donors (Lipinski definition) is 0. The molecular weight excluding hydrogens is 952 g/mol. The Labute approximate surface area is 391 Å². The van der Waals surface area contributed by atoms with Gasteiger partial charge in [-0.05, 0) is 68.7 Å². The number of ether oxygens (including phenoxy) is 1. The van der Waals surface area contributed by atoms with Gasteiger partial charge in [0, 0.05) is 72.2 Å². The van der Waals surface area contributed by atoms with Crippen LogP contribution < -0.4 is 14.5 Å². The Morgan fingerprint density at radius 1 is 0.508 bits per heavy atom. The zero-order chi connectivity index (χ0) is 44.6. The number of fused-ring (bicyclic) bond motifs is 3. The largest absolute Gasteiger partial charge is 0.509 e. The molecule has 0 saturated heterocycles. The van der Waals surface area contributed by atoms with Crippen molar-refractivity contribution in [3.05, 3.63) is 174 Å². The molecule has 0 amide bonds. The molecule has 0 aliphatic carbocycles. The van der Waals surface area contributed by atoms with Crippen LogP contribution in [0.5, 0.6) is 11.5 Å². The van der Waals surface area contributed by atoms with Gasteiger partial charge in [-0.3, -0.25) is 0 Å². The van der Waals surface area contributed by atoms with Gasteiger partial charge in [0.2, 0.25) is 0 Å². The number of benzene rings is 5. The first kappa shape index (κ1) is 45.9. The molecule has 2 aromatic heterocycles. The number of pyridine rings is 1. The fourth-order valence-electron chi connectivity index (χ4n) is 8.79. The topological polar surface area (TPSA) is 33.5 Å². The molecule has 5 nitrogen and oxygen atoms in total. The minimum Gasteiger partial charge on any atom is -0.509 e. The van der Waals surface area contributed by atoms with E-state index in [1.54, 1.807) is 0 Å². The van der Waals surface area contributed by atoms with Crippen LogP contribution in [-0.2, 0) is 37.3 Å². The van der Waals surface area contributed by atoms with Crippen molar-refractivity contribution in [2.45, 2.75) is 113 Å². The minimum absolute atomic E-state index is 0. The summed E-state index contributed by atoms with van der Waals surface area (Å²) in [6.45, 7) is 34.3. The predicted molar refractivity (Wildman–Crippen MR) is 260 cm³/mol. The van der Waals surface area contributed by atoms with Gasteiger partial charge in [-0.1, -0.05) is 163 Å². The van der Waals surface area contributed by atoms with E-state index >= 15 is 0 Å². The SMILES string of the molecule is CC(C)(C)C1=C(C(C)(C)C)N(c2cccc(C(C)(C)C)c2)[CH-]N1c1[c-]c(Oc2[c-]c3c(cc2)c2ccccc2n3-c2cc(C(C)(C)C)ccn2)cc(C(C)(C)c2ccccc2)c1.[Pt]. The van der Waals surface area contributed by atoms with E-state index < -0.39 is 0 Å². The van der Waals surface area contributed by atoms with E-state index in [1.807, 2.05) is 12.3 Å². The van der Waals surface area contributed by atoms with E-state index in [9.17, 15) is 0 Å². The summed E-state index contributed by atoms with van der Waals surface area (Å²) < 4.78 is 9.20. The molecule has 5 aromatic carbocycles. The van der Waals surface area contributed by atoms with Gasteiger partial charge in [0.25, 0.3) is 0 Å². The van der Waals surface area contributed by atoms with Crippen LogP contribution in [0.25, 0.3) is 27.6 Å². The van der Waals surface area contributed by atoms with Gasteiger partial charge < -0.3 is 19.1 Å². The molecule has 0 atom stereocenters. The van der Waals surface area contributed by atoms with Gasteiger partial charge in [-0.25, -0.2) is 4.98 Å². The number of nitrogens with zero attached hydrogens (tertiary/aromatic N) is 4. The number of anilines is 2. The monoisotopic (exact) mass is 1010 g/mol. The normalized spacial score (nSPS) is 14.2. The number of rotatable bonds is 7. The van der Waals surface area contributed by atoms with Gasteiger partial charge in [0.05, 0.1) is 0 Å². The summed E-state index contributed by atoms with van der Waals surface area (Å²) in [6, 6.07) is 48.7. The molecule has 330 valence electrons. The average Bonchev–Trinajstić information content (AvgIpc) is 3.79. The van der Waals surface area contributed by atoms with Crippen LogP contribution in [0.15, 0.2) is 133 Å². The van der Waals surface area contributed by atoms with Crippen molar-refractivity contribution in [3.8, 4) is 17.3 Å². The van der Waals surface area contributed by atoms with Crippen LogP contribution in [0.3, 0.4) is 0 Å². The van der Waals surface area contributed by atoms with Crippen LogP contribution in [0.4, 0.5) is 11.4 Å². The van der Waals surface area contributed by atoms with Crippen molar-refractivity contribution >= 4 is 33.2 Å². The number of aromatic nitrogens is 2. The summed E-state index contributed by atoms with van der Waals surface area (Å²) in [7, 11) is 0. The van der Waals surface area contributed by atoms with Crippen molar-refractivity contribution in [1.82, 2.24) is 9.55 Å². The van der Waals surface area contributed by atoms with Crippen molar-refractivity contribution in [3.63, 3.8) is 0 Å². The Kier molecular flexibility index (Phi) is 12.0. The van der Waals surface area contributed by atoms with Crippen molar-refractivity contribution in [1.29, 1.82) is 0 Å². The first-order valence-electron chi connectivity index (χ1n) is 22.0. The standard InChI is InChI=1S/C57H63N4O.Pt/c1-53(2,3)39-23-20-24-42(31-39)59-37-60(52(56(10,11)12)51(59)55(7,8)9)43-32-41(57(13,14)38-21-16-15-17-22-38)33-45(35-43)62-44-27-28-47-46-25-18-19-26-48(46)61(49(47)36-44)50-34-40(29-30-58-50)54(4,5)6;/h15-34,37H,1-14H3;/q-3;. The summed E-state index contributed by atoms with van der Waals surface area (Å²) >= 11 is 0. The molecule has 1 aliphatic rings. The minimum atomic E-state index is -0.355. The maximum atomic E-state index is 6.99. The van der Waals surface area contributed by atoms with Crippen LogP contribution in [0.1, 0.15) is 119 Å². The van der Waals surface area contributed by atoms with Gasteiger partial charge in [0.1, 0.15) is 5.82 Å². The van der Waals surface area contributed by atoms with E-state index in [1.165, 1.54) is 28.1 Å². The Balaban J connectivity index is 0.00000595. The molecule has 0 bridgehead atoms. The second-order valence-corrected chi connectivity index (χ2v) is 21.7. The molecule has 63 heavy (non-hydrogen) atoms. The molecule has 0 N–H and O–H groups in total. The third-order valence-corrected chi connectivity index (χ3v) is 12.3. The molecule has 8 rings (SSSR count). The Morgan fingerprint density at radius 2 is 1.13 bits per heavy atom. The first-order chi connectivity index (χ1) is 29.0. The zero-order valence-corrected chi connectivity index (χ0v) is 41.9. The second kappa shape index (κ2) is 16.5. The predicted octanol–water partition coefficient (Wildman–Crippen LogP) is 15.2. The summed E-state index contributed by atoms with van der Waals surface area (Å²) in [5, 5.41) is 2.24. The Morgan fingerprint density at radius 3 is 1.79 bits per heavy atom. The van der Waals surface area contributed by atoms with E-state index in [0.717, 1.165) is 44.6 Å². The summed E-state index contributed by atoms with van der Waals surface area (Å²) in [4.78, 5) is 9.67. The molecular formula is C57H63N4OPt-3. The Hall–Kier alpha value is -5.12. The fraction of sp³-hybridized carbons (Fsp3) is 0.333. The van der Waals surface area contributed by atoms with Gasteiger partial charge in [0.15, 0.2) is 0 Å². The molecule has 0 unspecified atom stereocenters. The summed E-state index contributed by atoms with van der Waals surface area (Å²) in [5.74, 6) is 2.09. The van der Waals surface area contributed by atoms with E-state index in [4.69, 9.17) is 9.72 Å². The second-order valence-electron chi connectivity index (χ2n) is 21.7. The van der Waals surface area contributed by atoms with Crippen LogP contribution >= 0.6 is 0 Å². The van der Waals surface area contributed by atoms with Crippen molar-refractivity contribution in [2.75, 3.05) is 9.80 Å². The van der Waals surface area contributed by atoms with Crippen LogP contribution in [0, 0.1) is 29.6 Å². The molecule has 7 aromatic rings. The molecule has 1 aliphatic heterocycles. The summed E-state index contributed by atoms with van der Waals surface area (Å²) in [5.41, 5.74) is 10.6. The summed E-state index contributed by atoms with van der Waals surface area (Å²) in [6.07, 6.45) is 1.91. The molecule has 0 spiro atoms. The fourth-order valence-corrected chi connectivity index (χ4v) is 8.79. The number of hydrogen-bond acceptors (Lipinski definition) is 4. The maximum absolute atomic E-state index is 6.99. The van der Waals surface area contributed by atoms with Gasteiger partial charge in [-0.15, -0.1) is 53.6 Å². The quantitative estimate of drug-likeness (QED) is 0.149. The molecule has 0 saturated carbocycles. The molecule has 0 radical (unpaired) electrons. The molecule has 0 fully saturated rings. The molecule has 6 heteroatoms. The van der Waals surface area contributed by atoms with Gasteiger partial charge in [-0.2, -0.15) is 6.07 Å². The van der Waals surface area contributed by atoms with Crippen molar-refractivity contribution < 1.29 is 25.8 Å². The van der Waals surface area contributed by atoms with E-state index in [-0.39, 0.29) is 48.1 Å². The van der Waals surface area contributed by atoms with Crippen LogP contribution in [-0.4, -0.2) is 9.55 Å². The van der Waals surface area contributed by atoms with Gasteiger partial charge >= 0.3 is 0 Å².